The predicted molar refractivity (Wildman–Crippen MR) is 281 cm³/mol. The minimum absolute atomic E-state index is 0. The SMILES string of the molecule is C.CC1(F)C2CC3CC1CC(CN)(C3)C2.CC1(O)C2CC3CC1CC(CN)(C3)C2.CCC12CC3CC(C1)C(=O)C(C3)C2.CCC12CC3CC(C1)C(C)(F)C(C3)C2.CCC12CC3CC(C1)C(C)(O)C(C3)C2. The number of halogens is 2. The van der Waals surface area contributed by atoms with Crippen LogP contribution < -0.4 is 11.5 Å². The smallest absolute Gasteiger partial charge is 0.139 e. The molecule has 0 aromatic rings. The summed E-state index contributed by atoms with van der Waals surface area (Å²) in [5.74, 6) is 9.72. The summed E-state index contributed by atoms with van der Waals surface area (Å²) < 4.78 is 28.9. The lowest BCUT2D eigenvalue weighted by atomic mass is 9.44. The molecule has 10 unspecified atom stereocenters. The summed E-state index contributed by atoms with van der Waals surface area (Å²) in [6.45, 7) is 16.5. The Bertz CT molecular complexity index is 1620. The van der Waals surface area contributed by atoms with E-state index in [1.54, 1.807) is 0 Å². The van der Waals surface area contributed by atoms with E-state index in [0.717, 1.165) is 68.4 Å². The van der Waals surface area contributed by atoms with Crippen molar-refractivity contribution in [2.45, 2.75) is 258 Å². The van der Waals surface area contributed by atoms with Crippen molar-refractivity contribution in [2.75, 3.05) is 13.1 Å². The van der Waals surface area contributed by atoms with Crippen LogP contribution in [0.2, 0.25) is 0 Å². The second-order valence-corrected chi connectivity index (χ2v) is 30.8. The van der Waals surface area contributed by atoms with Crippen molar-refractivity contribution in [3.63, 3.8) is 0 Å². The maximum atomic E-state index is 14.5. The lowest BCUT2D eigenvalue weighted by Crippen LogP contribution is -2.61. The van der Waals surface area contributed by atoms with Crippen molar-refractivity contribution < 1.29 is 23.8 Å². The van der Waals surface area contributed by atoms with E-state index in [1.807, 2.05) is 13.8 Å². The van der Waals surface area contributed by atoms with Gasteiger partial charge in [-0.25, -0.2) is 8.78 Å². The highest BCUT2D eigenvalue weighted by atomic mass is 19.1. The van der Waals surface area contributed by atoms with Gasteiger partial charge in [-0.1, -0.05) is 47.5 Å². The van der Waals surface area contributed by atoms with Gasteiger partial charge in [-0.3, -0.25) is 4.79 Å². The molecule has 70 heavy (non-hydrogen) atoms. The molecule has 6 N–H and O–H groups in total. The highest BCUT2D eigenvalue weighted by Crippen LogP contribution is 2.68. The second-order valence-electron chi connectivity index (χ2n) is 30.8. The number of carbonyl (C=O) groups excluding carboxylic acids is 1. The molecule has 7 heteroatoms. The third-order valence-electron chi connectivity index (χ3n) is 27.0. The number of alkyl halides is 2. The van der Waals surface area contributed by atoms with Crippen molar-refractivity contribution in [2.24, 2.45) is 127 Å². The quantitative estimate of drug-likeness (QED) is 0.219. The second kappa shape index (κ2) is 18.0. The molecule has 0 amide bonds. The van der Waals surface area contributed by atoms with Gasteiger partial charge in [-0.2, -0.15) is 0 Å². The van der Waals surface area contributed by atoms with Crippen LogP contribution in [0.1, 0.15) is 236 Å². The number of aliphatic hydroxyl groups is 2. The summed E-state index contributed by atoms with van der Waals surface area (Å²) in [7, 11) is 0. The largest absolute Gasteiger partial charge is 0.390 e. The lowest BCUT2D eigenvalue weighted by Gasteiger charge is -2.62. The van der Waals surface area contributed by atoms with Gasteiger partial charge >= 0.3 is 0 Å². The number of rotatable bonds is 5. The van der Waals surface area contributed by atoms with Crippen LogP contribution in [0.3, 0.4) is 0 Å². The molecule has 0 heterocycles. The first-order valence-electron chi connectivity index (χ1n) is 30.2. The Kier molecular flexibility index (Phi) is 13.6. The van der Waals surface area contributed by atoms with Gasteiger partial charge < -0.3 is 21.7 Å². The standard InChI is InChI=1S/C13H21F.C13H22O.C12H20FN.C12H21NO.C12H18O.CH4/c2*1-3-13-6-9-4-10(7-13)12(2,14)11(5-9)8-13;1-11(13)9-2-8-3-10(11)6-12(4-8,5-9)7-14;1-11(14)9-2-8-3-10(11)6-12(4-8,5-9)7-13;1-2-12-5-8-3-9(6-12)11(13)10(4-8)7-12;/h9-11H,3-8H2,1-2H3;9-11,14H,3-8H2,1-2H3;8-10H,2-7,14H2,1H3;8-10,14H,2-7,13H2,1H3;8-10H,2-7H2,1H3;1H4. The topological polar surface area (TPSA) is 110 Å². The summed E-state index contributed by atoms with van der Waals surface area (Å²) in [6.07, 6.45) is 35.0. The average Bonchev–Trinajstić information content (AvgIpc) is 3.30. The first-order chi connectivity index (χ1) is 32.4. The molecule has 20 saturated carbocycles. The minimum atomic E-state index is -0.879. The van der Waals surface area contributed by atoms with E-state index in [4.69, 9.17) is 11.5 Å². The van der Waals surface area contributed by atoms with Crippen LogP contribution in [0.5, 0.6) is 0 Å². The fourth-order valence-corrected chi connectivity index (χ4v) is 23.1. The molecule has 0 aromatic carbocycles. The van der Waals surface area contributed by atoms with Crippen molar-refractivity contribution in [1.29, 1.82) is 0 Å². The molecular formula is C63H106F2N2O3. The molecule has 10 atom stereocenters. The number of carbonyl (C=O) groups is 1. The highest BCUT2D eigenvalue weighted by molar-refractivity contribution is 5.85. The van der Waals surface area contributed by atoms with Gasteiger partial charge in [0.25, 0.3) is 0 Å². The van der Waals surface area contributed by atoms with Gasteiger partial charge in [-0.05, 0) is 305 Å². The zero-order valence-electron chi connectivity index (χ0n) is 45.1. The Labute approximate surface area is 426 Å². The Morgan fingerprint density at radius 1 is 0.400 bits per heavy atom. The monoisotopic (exact) mass is 977 g/mol. The normalized spacial score (nSPS) is 58.4. The summed E-state index contributed by atoms with van der Waals surface area (Å²) in [6, 6.07) is 0. The average molecular weight is 978 g/mol. The minimum Gasteiger partial charge on any atom is -0.390 e. The molecule has 20 fully saturated rings. The molecule has 20 rings (SSSR count). The third-order valence-corrected chi connectivity index (χ3v) is 27.0. The number of Topliss-reactive ketones (excluding diaryl/α,β-unsaturated/α-hetero) is 1. The molecule has 0 spiro atoms. The molecule has 20 aliphatic rings. The molecule has 0 radical (unpaired) electrons. The van der Waals surface area contributed by atoms with Gasteiger partial charge in [0.1, 0.15) is 17.1 Å². The molecule has 20 bridgehead atoms. The number of nitrogens with two attached hydrogens (primary N) is 2. The van der Waals surface area contributed by atoms with Gasteiger partial charge in [0, 0.05) is 11.8 Å². The van der Waals surface area contributed by atoms with E-state index < -0.39 is 11.3 Å². The number of ketones is 1. The predicted octanol–water partition coefficient (Wildman–Crippen LogP) is 14.4. The molecular weight excluding hydrogens is 871 g/mol. The molecule has 0 aromatic heterocycles. The number of hydrogen-bond donors (Lipinski definition) is 4. The summed E-state index contributed by atoms with van der Waals surface area (Å²) in [5.41, 5.74) is 12.0. The van der Waals surface area contributed by atoms with Crippen molar-refractivity contribution >= 4 is 5.78 Å². The van der Waals surface area contributed by atoms with E-state index in [2.05, 4.69) is 34.6 Å². The Balaban J connectivity index is 0.000000101. The maximum absolute atomic E-state index is 14.5. The fraction of sp³-hybridized carbons (Fsp3) is 0.984. The van der Waals surface area contributed by atoms with E-state index in [-0.39, 0.29) is 18.6 Å². The zero-order chi connectivity index (χ0) is 49.0. The van der Waals surface area contributed by atoms with Crippen LogP contribution in [0, 0.1) is 116 Å². The van der Waals surface area contributed by atoms with Crippen molar-refractivity contribution in [3.05, 3.63) is 0 Å². The maximum Gasteiger partial charge on any atom is 0.139 e. The van der Waals surface area contributed by atoms with Crippen molar-refractivity contribution in [3.8, 4) is 0 Å². The van der Waals surface area contributed by atoms with Crippen LogP contribution in [0.25, 0.3) is 0 Å². The lowest BCUT2D eigenvalue weighted by molar-refractivity contribution is -0.192. The molecule has 0 saturated heterocycles. The van der Waals surface area contributed by atoms with E-state index in [0.29, 0.717) is 92.0 Å². The van der Waals surface area contributed by atoms with Crippen LogP contribution in [-0.2, 0) is 4.79 Å². The van der Waals surface area contributed by atoms with Crippen LogP contribution in [-0.4, -0.2) is 51.6 Å². The first-order valence-corrected chi connectivity index (χ1v) is 30.2. The third kappa shape index (κ3) is 8.64. The van der Waals surface area contributed by atoms with E-state index in [1.165, 1.54) is 154 Å². The Morgan fingerprint density at radius 2 is 0.629 bits per heavy atom. The molecule has 5 nitrogen and oxygen atoms in total. The zero-order valence-corrected chi connectivity index (χ0v) is 45.1. The summed E-state index contributed by atoms with van der Waals surface area (Å²) in [4.78, 5) is 11.8. The molecule has 0 aliphatic heterocycles. The highest BCUT2D eigenvalue weighted by Gasteiger charge is 2.63. The van der Waals surface area contributed by atoms with Gasteiger partial charge in [0.05, 0.1) is 11.2 Å². The van der Waals surface area contributed by atoms with E-state index >= 15 is 0 Å². The molecule has 400 valence electrons. The summed E-state index contributed by atoms with van der Waals surface area (Å²) in [5, 5.41) is 21.0. The first kappa shape index (κ1) is 52.8. The molecule has 20 aliphatic carbocycles. The van der Waals surface area contributed by atoms with Gasteiger partial charge in [-0.15, -0.1) is 0 Å². The number of hydrogen-bond acceptors (Lipinski definition) is 5. The Morgan fingerprint density at radius 3 is 0.929 bits per heavy atom. The Hall–Kier alpha value is -0.630. The van der Waals surface area contributed by atoms with Crippen LogP contribution in [0.15, 0.2) is 0 Å². The van der Waals surface area contributed by atoms with Crippen LogP contribution >= 0.6 is 0 Å². The van der Waals surface area contributed by atoms with Crippen molar-refractivity contribution in [1.82, 2.24) is 0 Å². The van der Waals surface area contributed by atoms with Gasteiger partial charge in [0.2, 0.25) is 0 Å². The van der Waals surface area contributed by atoms with Crippen LogP contribution in [0.4, 0.5) is 8.78 Å². The van der Waals surface area contributed by atoms with E-state index in [9.17, 15) is 23.8 Å². The fourth-order valence-electron chi connectivity index (χ4n) is 23.1. The summed E-state index contributed by atoms with van der Waals surface area (Å²) >= 11 is 0. The van der Waals surface area contributed by atoms with Gasteiger partial charge in [0.15, 0.2) is 0 Å².